The maximum atomic E-state index is 11.7. The average Bonchev–Trinajstić information content (AvgIpc) is 2.31. The number of hydrogen-bond donors (Lipinski definition) is 1. The van der Waals surface area contributed by atoms with Gasteiger partial charge in [-0.05, 0) is 6.07 Å². The fourth-order valence-corrected chi connectivity index (χ4v) is 1.22. The lowest BCUT2D eigenvalue weighted by Gasteiger charge is -2.03. The first-order valence-electron chi connectivity index (χ1n) is 4.32. The molecule has 2 rings (SSSR count). The monoisotopic (exact) mass is 235 g/mol. The van der Waals surface area contributed by atoms with Crippen LogP contribution in [0.15, 0.2) is 30.9 Å². The lowest BCUT2D eigenvalue weighted by molar-refractivity contribution is 0.102. The van der Waals surface area contributed by atoms with Gasteiger partial charge >= 0.3 is 0 Å². The van der Waals surface area contributed by atoms with E-state index in [-0.39, 0.29) is 10.8 Å². The fraction of sp³-hybridized carbons (Fsp3) is 0. The molecule has 6 nitrogen and oxygen atoms in total. The molecule has 80 valence electrons. The van der Waals surface area contributed by atoms with Crippen molar-refractivity contribution in [3.8, 4) is 0 Å². The van der Waals surface area contributed by atoms with Crippen molar-refractivity contribution in [2.24, 2.45) is 0 Å². The van der Waals surface area contributed by atoms with E-state index in [1.54, 1.807) is 6.07 Å². The normalized spacial score (nSPS) is 9.81. The molecule has 0 saturated carbocycles. The molecule has 0 spiro atoms. The van der Waals surface area contributed by atoms with Gasteiger partial charge in [-0.2, -0.15) is 10.2 Å². The average molecular weight is 236 g/mol. The van der Waals surface area contributed by atoms with Gasteiger partial charge in [0.2, 0.25) is 0 Å². The first-order chi connectivity index (χ1) is 7.77. The number of aromatic nitrogens is 4. The third-order valence-corrected chi connectivity index (χ3v) is 1.99. The van der Waals surface area contributed by atoms with Gasteiger partial charge in [-0.3, -0.25) is 4.79 Å². The van der Waals surface area contributed by atoms with Crippen LogP contribution in [0.2, 0.25) is 5.15 Å². The predicted molar refractivity (Wildman–Crippen MR) is 57.0 cm³/mol. The summed E-state index contributed by atoms with van der Waals surface area (Å²) in [4.78, 5) is 19.3. The minimum atomic E-state index is -0.439. The molecule has 2 aromatic rings. The molecule has 2 aromatic heterocycles. The van der Waals surface area contributed by atoms with Gasteiger partial charge in [0.05, 0.1) is 18.1 Å². The predicted octanol–water partition coefficient (Wildman–Crippen LogP) is 1.17. The fourth-order valence-electron chi connectivity index (χ4n) is 1.03. The maximum absolute atomic E-state index is 11.7. The van der Waals surface area contributed by atoms with E-state index in [2.05, 4.69) is 25.5 Å². The first kappa shape index (κ1) is 10.4. The van der Waals surface area contributed by atoms with E-state index in [1.807, 2.05) is 0 Å². The number of rotatable bonds is 2. The number of carbonyl (C=O) groups is 1. The summed E-state index contributed by atoms with van der Waals surface area (Å²) in [6, 6.07) is 1.61. The number of amides is 1. The zero-order chi connectivity index (χ0) is 11.4. The van der Waals surface area contributed by atoms with Crippen molar-refractivity contribution in [3.63, 3.8) is 0 Å². The first-order valence-corrected chi connectivity index (χ1v) is 4.70. The van der Waals surface area contributed by atoms with Gasteiger partial charge in [0.15, 0.2) is 10.8 Å². The van der Waals surface area contributed by atoms with E-state index >= 15 is 0 Å². The summed E-state index contributed by atoms with van der Waals surface area (Å²) in [5, 5.41) is 9.84. The van der Waals surface area contributed by atoms with Gasteiger partial charge in [-0.15, -0.1) is 0 Å². The van der Waals surface area contributed by atoms with Gasteiger partial charge < -0.3 is 5.32 Å². The molecule has 0 aliphatic carbocycles. The number of hydrogen-bond acceptors (Lipinski definition) is 5. The molecule has 0 aromatic carbocycles. The highest BCUT2D eigenvalue weighted by atomic mass is 35.5. The molecule has 7 heteroatoms. The summed E-state index contributed by atoms with van der Waals surface area (Å²) in [5.41, 5.74) is 0.586. The van der Waals surface area contributed by atoms with Crippen LogP contribution >= 0.6 is 11.6 Å². The summed E-state index contributed by atoms with van der Waals surface area (Å²) in [6.45, 7) is 0. The van der Waals surface area contributed by atoms with Crippen molar-refractivity contribution >= 4 is 23.2 Å². The Hall–Kier alpha value is -2.08. The summed E-state index contributed by atoms with van der Waals surface area (Å²) in [7, 11) is 0. The highest BCUT2D eigenvalue weighted by Crippen LogP contribution is 2.11. The van der Waals surface area contributed by atoms with Crippen molar-refractivity contribution in [2.45, 2.75) is 0 Å². The summed E-state index contributed by atoms with van der Waals surface area (Å²) >= 11 is 5.72. The van der Waals surface area contributed by atoms with Gasteiger partial charge in [0, 0.05) is 12.4 Å². The second-order valence-electron chi connectivity index (χ2n) is 2.78. The minimum absolute atomic E-state index is 0.0574. The smallest absolute Gasteiger partial charge is 0.277 e. The summed E-state index contributed by atoms with van der Waals surface area (Å²) in [5.74, 6) is -0.439. The third-order valence-electron chi connectivity index (χ3n) is 1.71. The van der Waals surface area contributed by atoms with Crippen molar-refractivity contribution in [2.75, 3.05) is 5.32 Å². The SMILES string of the molecule is O=C(Nc1ccnnc1)c1nccnc1Cl. The Morgan fingerprint density at radius 2 is 2.00 bits per heavy atom. The van der Waals surface area contributed by atoms with Crippen molar-refractivity contribution < 1.29 is 4.79 Å². The minimum Gasteiger partial charge on any atom is -0.319 e. The second kappa shape index (κ2) is 4.63. The number of anilines is 1. The summed E-state index contributed by atoms with van der Waals surface area (Å²) in [6.07, 6.45) is 5.69. The van der Waals surface area contributed by atoms with Crippen LogP contribution in [0, 0.1) is 0 Å². The van der Waals surface area contributed by atoms with Crippen LogP contribution in [0.5, 0.6) is 0 Å². The maximum Gasteiger partial charge on any atom is 0.277 e. The highest BCUT2D eigenvalue weighted by Gasteiger charge is 2.12. The number of nitrogens with one attached hydrogen (secondary N) is 1. The van der Waals surface area contributed by atoms with E-state index in [4.69, 9.17) is 11.6 Å². The van der Waals surface area contributed by atoms with Gasteiger partial charge in [0.25, 0.3) is 5.91 Å². The van der Waals surface area contributed by atoms with E-state index in [0.29, 0.717) is 5.69 Å². The molecule has 0 unspecified atom stereocenters. The number of halogens is 1. The standard InChI is InChI=1S/C9H6ClN5O/c10-8-7(11-3-4-12-8)9(16)15-6-1-2-13-14-5-6/h1-5H,(H,13,15,16). The van der Waals surface area contributed by atoms with Gasteiger partial charge in [-0.25, -0.2) is 9.97 Å². The van der Waals surface area contributed by atoms with E-state index in [1.165, 1.54) is 24.8 Å². The summed E-state index contributed by atoms with van der Waals surface area (Å²) < 4.78 is 0. The lowest BCUT2D eigenvalue weighted by Crippen LogP contribution is -2.14. The van der Waals surface area contributed by atoms with Crippen LogP contribution in [0.1, 0.15) is 10.5 Å². The molecule has 0 aliphatic heterocycles. The van der Waals surface area contributed by atoms with Crippen LogP contribution < -0.4 is 5.32 Å². The molecule has 0 atom stereocenters. The van der Waals surface area contributed by atoms with Gasteiger partial charge in [0.1, 0.15) is 0 Å². The Labute approximate surface area is 95.7 Å². The molecule has 0 fully saturated rings. The van der Waals surface area contributed by atoms with E-state index in [9.17, 15) is 4.79 Å². The topological polar surface area (TPSA) is 80.7 Å². The van der Waals surface area contributed by atoms with E-state index in [0.717, 1.165) is 0 Å². The largest absolute Gasteiger partial charge is 0.319 e. The number of carbonyl (C=O) groups excluding carboxylic acids is 1. The van der Waals surface area contributed by atoms with Crippen molar-refractivity contribution in [3.05, 3.63) is 41.7 Å². The molecule has 0 saturated heterocycles. The van der Waals surface area contributed by atoms with Crippen molar-refractivity contribution in [1.29, 1.82) is 0 Å². The van der Waals surface area contributed by atoms with Gasteiger partial charge in [-0.1, -0.05) is 11.6 Å². The van der Waals surface area contributed by atoms with Crippen LogP contribution in [-0.4, -0.2) is 26.1 Å². The van der Waals surface area contributed by atoms with Crippen LogP contribution in [0.4, 0.5) is 5.69 Å². The van der Waals surface area contributed by atoms with E-state index < -0.39 is 5.91 Å². The Morgan fingerprint density at radius 1 is 1.19 bits per heavy atom. The molecule has 0 radical (unpaired) electrons. The molecule has 1 amide bonds. The Morgan fingerprint density at radius 3 is 2.69 bits per heavy atom. The molecule has 1 N–H and O–H groups in total. The Balaban J connectivity index is 2.19. The highest BCUT2D eigenvalue weighted by molar-refractivity contribution is 6.32. The molecule has 0 bridgehead atoms. The Kier molecular flexibility index (Phi) is 3.02. The Bertz CT molecular complexity index is 504. The zero-order valence-corrected chi connectivity index (χ0v) is 8.72. The third kappa shape index (κ3) is 2.29. The second-order valence-corrected chi connectivity index (χ2v) is 3.14. The molecule has 2 heterocycles. The number of nitrogens with zero attached hydrogens (tertiary/aromatic N) is 4. The molecular formula is C9H6ClN5O. The molecule has 16 heavy (non-hydrogen) atoms. The molecule has 0 aliphatic rings. The van der Waals surface area contributed by atoms with Crippen molar-refractivity contribution in [1.82, 2.24) is 20.2 Å². The van der Waals surface area contributed by atoms with Crippen LogP contribution in [0.3, 0.4) is 0 Å². The van der Waals surface area contributed by atoms with Crippen LogP contribution in [0.25, 0.3) is 0 Å². The zero-order valence-electron chi connectivity index (χ0n) is 7.96. The molecular weight excluding hydrogens is 230 g/mol. The van der Waals surface area contributed by atoms with Crippen LogP contribution in [-0.2, 0) is 0 Å². The quantitative estimate of drug-likeness (QED) is 0.845. The lowest BCUT2D eigenvalue weighted by atomic mass is 10.4.